The van der Waals surface area contributed by atoms with Crippen molar-refractivity contribution in [3.8, 4) is 55.8 Å². The number of rotatable bonds is 8. The van der Waals surface area contributed by atoms with Gasteiger partial charge in [-0.05, 0) is 103 Å². The maximum atomic E-state index is 5.46. The van der Waals surface area contributed by atoms with Gasteiger partial charge in [-0.15, -0.1) is 0 Å². The summed E-state index contributed by atoms with van der Waals surface area (Å²) in [5.74, 6) is 0. The highest BCUT2D eigenvalue weighted by Crippen LogP contribution is 2.41. The number of aromatic nitrogens is 1. The molecule has 1 aromatic heterocycles. The van der Waals surface area contributed by atoms with Crippen LogP contribution in [0.5, 0.6) is 0 Å². The first-order chi connectivity index (χ1) is 30.7. The summed E-state index contributed by atoms with van der Waals surface area (Å²) in [5, 5.41) is 7.33. The normalized spacial score (nSPS) is 13.6. The molecule has 11 rings (SSSR count). The summed E-state index contributed by atoms with van der Waals surface area (Å²) in [4.78, 5) is 10.8. The Kier molecular flexibility index (Phi) is 9.61. The van der Waals surface area contributed by atoms with Crippen LogP contribution in [0.15, 0.2) is 242 Å². The van der Waals surface area contributed by atoms with Crippen molar-refractivity contribution in [2.45, 2.75) is 6.17 Å². The summed E-state index contributed by atoms with van der Waals surface area (Å²) in [6.45, 7) is 0. The second-order valence-electron chi connectivity index (χ2n) is 15.8. The highest BCUT2D eigenvalue weighted by Gasteiger charge is 2.22. The molecule has 0 amide bonds. The number of nitrogens with zero attached hydrogens (tertiary/aromatic N) is 2. The zero-order valence-corrected chi connectivity index (χ0v) is 34.0. The molecule has 0 saturated heterocycles. The standard InChI is InChI=1S/C59H41N3/c1-6-18-40(19-7-1)47-34-48(41-20-8-2-9-21-41)36-49(35-47)56-39-55(45-26-14-5-15-27-45)61-59(62-56)46-32-30-43(31-33-46)52-37-57-58(51-29-17-16-28-50(51)52)53(42-22-10-3-11-23-42)38-54(60-57)44-24-12-4-13-25-44/h1-39,59,61H. The van der Waals surface area contributed by atoms with Crippen molar-refractivity contribution in [3.63, 3.8) is 0 Å². The molecular weight excluding hydrogens is 751 g/mol. The molecule has 3 heteroatoms. The zero-order chi connectivity index (χ0) is 41.2. The summed E-state index contributed by atoms with van der Waals surface area (Å²) in [6, 6.07) is 81.9. The average Bonchev–Trinajstić information content (AvgIpc) is 3.37. The van der Waals surface area contributed by atoms with E-state index in [-0.39, 0.29) is 6.17 Å². The van der Waals surface area contributed by atoms with E-state index in [0.29, 0.717) is 0 Å². The number of hydrogen-bond acceptors (Lipinski definition) is 3. The SMILES string of the molecule is C1=C(c2ccccc2)NC(c2ccc(-c3cc4nc(-c5ccccc5)cc(-c5ccccc5)c4c4ccccc34)cc2)N=C1c1cc(-c2ccccc2)cc(-c2ccccc2)c1. The predicted molar refractivity (Wildman–Crippen MR) is 260 cm³/mol. The second kappa shape index (κ2) is 16.1. The van der Waals surface area contributed by atoms with Gasteiger partial charge >= 0.3 is 0 Å². The lowest BCUT2D eigenvalue weighted by molar-refractivity contribution is 0.664. The van der Waals surface area contributed by atoms with Crippen LogP contribution in [0.4, 0.5) is 0 Å². The fourth-order valence-corrected chi connectivity index (χ4v) is 8.79. The van der Waals surface area contributed by atoms with Crippen molar-refractivity contribution in [2.24, 2.45) is 4.99 Å². The minimum absolute atomic E-state index is 0.309. The molecule has 0 bridgehead atoms. The lowest BCUT2D eigenvalue weighted by atomic mass is 9.90. The van der Waals surface area contributed by atoms with Crippen LogP contribution in [-0.4, -0.2) is 10.7 Å². The maximum Gasteiger partial charge on any atom is 0.145 e. The largest absolute Gasteiger partial charge is 0.360 e. The first-order valence-electron chi connectivity index (χ1n) is 21.2. The van der Waals surface area contributed by atoms with Gasteiger partial charge in [-0.3, -0.25) is 4.99 Å². The predicted octanol–water partition coefficient (Wildman–Crippen LogP) is 14.9. The fraction of sp³-hybridized carbons (Fsp3) is 0.0169. The Morgan fingerprint density at radius 2 is 0.839 bits per heavy atom. The molecule has 2 heterocycles. The van der Waals surface area contributed by atoms with Gasteiger partial charge < -0.3 is 5.32 Å². The van der Waals surface area contributed by atoms with E-state index in [1.165, 1.54) is 33.0 Å². The Hall–Kier alpha value is -8.14. The molecule has 0 aliphatic carbocycles. The van der Waals surface area contributed by atoms with E-state index in [1.807, 2.05) is 0 Å². The Bertz CT molecular complexity index is 3210. The van der Waals surface area contributed by atoms with E-state index < -0.39 is 0 Å². The third kappa shape index (κ3) is 7.16. The molecule has 1 aliphatic rings. The number of fused-ring (bicyclic) bond motifs is 3. The Morgan fingerprint density at radius 3 is 1.44 bits per heavy atom. The van der Waals surface area contributed by atoms with Crippen molar-refractivity contribution in [2.75, 3.05) is 0 Å². The Morgan fingerprint density at radius 1 is 0.355 bits per heavy atom. The summed E-state index contributed by atoms with van der Waals surface area (Å²) < 4.78 is 0. The van der Waals surface area contributed by atoms with Crippen molar-refractivity contribution < 1.29 is 0 Å². The van der Waals surface area contributed by atoms with E-state index in [2.05, 4.69) is 242 Å². The Labute approximate surface area is 362 Å². The molecule has 1 aliphatic heterocycles. The number of nitrogens with one attached hydrogen (secondary N) is 1. The van der Waals surface area contributed by atoms with Crippen LogP contribution in [-0.2, 0) is 0 Å². The molecule has 0 saturated carbocycles. The van der Waals surface area contributed by atoms with Crippen LogP contribution in [0.25, 0.3) is 83.1 Å². The summed E-state index contributed by atoms with van der Waals surface area (Å²) in [6.07, 6.45) is 1.89. The molecule has 1 N–H and O–H groups in total. The maximum absolute atomic E-state index is 5.46. The van der Waals surface area contributed by atoms with Crippen LogP contribution < -0.4 is 5.32 Å². The van der Waals surface area contributed by atoms with Crippen molar-refractivity contribution in [3.05, 3.63) is 253 Å². The quantitative estimate of drug-likeness (QED) is 0.156. The van der Waals surface area contributed by atoms with Gasteiger partial charge in [-0.1, -0.05) is 200 Å². The number of benzene rings is 9. The molecule has 1 unspecified atom stereocenters. The zero-order valence-electron chi connectivity index (χ0n) is 34.0. The molecule has 0 radical (unpaired) electrons. The molecule has 3 nitrogen and oxygen atoms in total. The van der Waals surface area contributed by atoms with Gasteiger partial charge in [0.25, 0.3) is 0 Å². The highest BCUT2D eigenvalue weighted by atomic mass is 15.1. The third-order valence-corrected chi connectivity index (χ3v) is 11.9. The summed E-state index contributed by atoms with van der Waals surface area (Å²) in [7, 11) is 0. The van der Waals surface area contributed by atoms with Crippen LogP contribution in [0.2, 0.25) is 0 Å². The first-order valence-corrected chi connectivity index (χ1v) is 21.2. The summed E-state index contributed by atoms with van der Waals surface area (Å²) in [5.41, 5.74) is 17.5. The van der Waals surface area contributed by atoms with Gasteiger partial charge in [0.2, 0.25) is 0 Å². The number of aliphatic imine (C=N–C) groups is 1. The first kappa shape index (κ1) is 36.9. The fourth-order valence-electron chi connectivity index (χ4n) is 8.79. The Balaban J connectivity index is 1.03. The van der Waals surface area contributed by atoms with Crippen molar-refractivity contribution in [1.82, 2.24) is 10.3 Å². The van der Waals surface area contributed by atoms with Crippen molar-refractivity contribution in [1.29, 1.82) is 0 Å². The molecular formula is C59H41N3. The van der Waals surface area contributed by atoms with Gasteiger partial charge in [0.1, 0.15) is 6.17 Å². The topological polar surface area (TPSA) is 37.3 Å². The van der Waals surface area contributed by atoms with E-state index in [1.54, 1.807) is 0 Å². The molecule has 1 atom stereocenters. The molecule has 0 fully saturated rings. The highest BCUT2D eigenvalue weighted by molar-refractivity contribution is 6.18. The summed E-state index contributed by atoms with van der Waals surface area (Å²) >= 11 is 0. The molecule has 292 valence electrons. The van der Waals surface area contributed by atoms with E-state index >= 15 is 0 Å². The number of pyridine rings is 1. The van der Waals surface area contributed by atoms with Gasteiger partial charge in [0, 0.05) is 22.2 Å². The van der Waals surface area contributed by atoms with Gasteiger partial charge in [0.05, 0.1) is 16.9 Å². The van der Waals surface area contributed by atoms with Gasteiger partial charge in [-0.25, -0.2) is 4.98 Å². The van der Waals surface area contributed by atoms with E-state index in [4.69, 9.17) is 9.98 Å². The minimum Gasteiger partial charge on any atom is -0.360 e. The lowest BCUT2D eigenvalue weighted by Crippen LogP contribution is -2.24. The number of allylic oxidation sites excluding steroid dienone is 1. The van der Waals surface area contributed by atoms with E-state index in [9.17, 15) is 0 Å². The van der Waals surface area contributed by atoms with Crippen LogP contribution >= 0.6 is 0 Å². The van der Waals surface area contributed by atoms with Crippen LogP contribution in [0.1, 0.15) is 22.9 Å². The minimum atomic E-state index is -0.309. The molecule has 62 heavy (non-hydrogen) atoms. The van der Waals surface area contributed by atoms with Crippen LogP contribution in [0, 0.1) is 0 Å². The number of hydrogen-bond donors (Lipinski definition) is 1. The molecule has 9 aromatic carbocycles. The smallest absolute Gasteiger partial charge is 0.145 e. The van der Waals surface area contributed by atoms with Crippen molar-refractivity contribution >= 4 is 33.1 Å². The second-order valence-corrected chi connectivity index (χ2v) is 15.8. The molecule has 0 spiro atoms. The van der Waals surface area contributed by atoms with Gasteiger partial charge in [-0.2, -0.15) is 0 Å². The lowest BCUT2D eigenvalue weighted by Gasteiger charge is -2.25. The van der Waals surface area contributed by atoms with E-state index in [0.717, 1.165) is 72.5 Å². The third-order valence-electron chi connectivity index (χ3n) is 11.9. The van der Waals surface area contributed by atoms with Crippen LogP contribution in [0.3, 0.4) is 0 Å². The average molecular weight is 792 g/mol. The molecule has 10 aromatic rings. The monoisotopic (exact) mass is 791 g/mol. The van der Waals surface area contributed by atoms with Gasteiger partial charge in [0.15, 0.2) is 0 Å².